The number of ether oxygens (including phenoxy) is 1. The molecule has 30 heavy (non-hydrogen) atoms. The van der Waals surface area contributed by atoms with E-state index in [0.717, 1.165) is 10.8 Å². The van der Waals surface area contributed by atoms with Gasteiger partial charge in [-0.1, -0.05) is 11.6 Å². The first-order chi connectivity index (χ1) is 14.1. The summed E-state index contributed by atoms with van der Waals surface area (Å²) in [6.45, 7) is -0.0452. The maximum Gasteiger partial charge on any atom is 0.618 e. The Kier molecular flexibility index (Phi) is 5.59. The Balaban J connectivity index is 1.48. The van der Waals surface area contributed by atoms with Crippen LogP contribution in [0.1, 0.15) is 24.6 Å². The number of nitrogens with zero attached hydrogens (tertiary/aromatic N) is 1. The molecule has 2 aromatic rings. The van der Waals surface area contributed by atoms with E-state index in [1.807, 2.05) is 4.98 Å². The summed E-state index contributed by atoms with van der Waals surface area (Å²) in [5.74, 6) is -0.842. The lowest BCUT2D eigenvalue weighted by molar-refractivity contribution is -0.0563. The molecule has 2 aliphatic rings. The first kappa shape index (κ1) is 21.5. The lowest BCUT2D eigenvalue weighted by Crippen LogP contribution is -2.47. The van der Waals surface area contributed by atoms with E-state index in [-0.39, 0.29) is 19.4 Å². The number of benzene rings is 1. The number of nitrogens with one attached hydrogen (secondary N) is 1. The van der Waals surface area contributed by atoms with Gasteiger partial charge in [0, 0.05) is 10.6 Å². The molecule has 0 aliphatic carbocycles. The molecule has 4 radical (unpaired) electrons. The molecule has 3 atom stereocenters. The summed E-state index contributed by atoms with van der Waals surface area (Å²) in [7, 11) is 8.08. The van der Waals surface area contributed by atoms with Crippen LogP contribution in [0.5, 0.6) is 5.75 Å². The van der Waals surface area contributed by atoms with Gasteiger partial charge >= 0.3 is 13.9 Å². The fraction of sp³-hybridized carbons (Fsp3) is 0.375. The first-order valence-corrected chi connectivity index (χ1v) is 10.6. The van der Waals surface area contributed by atoms with Crippen molar-refractivity contribution in [1.82, 2.24) is 9.55 Å². The molecular formula is C16H14B2ClFN2O7P+. The van der Waals surface area contributed by atoms with Gasteiger partial charge in [-0.2, -0.15) is 13.8 Å². The average Bonchev–Trinajstić information content (AvgIpc) is 3.15. The van der Waals surface area contributed by atoms with Crippen LogP contribution in [0.2, 0.25) is 5.02 Å². The van der Waals surface area contributed by atoms with Gasteiger partial charge in [-0.3, -0.25) is 18.9 Å². The zero-order valence-corrected chi connectivity index (χ0v) is 16.9. The molecule has 1 aromatic carbocycles. The Morgan fingerprint density at radius 1 is 1.37 bits per heavy atom. The quantitative estimate of drug-likeness (QED) is 0.530. The summed E-state index contributed by atoms with van der Waals surface area (Å²) < 4.78 is 36.2. The third-order valence-electron chi connectivity index (χ3n) is 4.63. The van der Waals surface area contributed by atoms with E-state index in [2.05, 4.69) is 0 Å². The number of aromatic nitrogens is 2. The van der Waals surface area contributed by atoms with Crippen molar-refractivity contribution in [1.29, 1.82) is 0 Å². The Morgan fingerprint density at radius 2 is 2.13 bits per heavy atom. The molecule has 1 saturated heterocycles. The van der Waals surface area contributed by atoms with Crippen LogP contribution in [0.25, 0.3) is 0 Å². The van der Waals surface area contributed by atoms with Crippen LogP contribution in [-0.2, 0) is 20.4 Å². The highest BCUT2D eigenvalue weighted by Gasteiger charge is 2.56. The molecule has 4 rings (SSSR count). The van der Waals surface area contributed by atoms with E-state index in [0.29, 0.717) is 16.3 Å². The monoisotopic (exact) mass is 453 g/mol. The van der Waals surface area contributed by atoms with Crippen molar-refractivity contribution in [2.45, 2.75) is 37.2 Å². The summed E-state index contributed by atoms with van der Waals surface area (Å²) in [6.07, 6.45) is -0.799. The third-order valence-corrected chi connectivity index (χ3v) is 6.29. The minimum Gasteiger partial charge on any atom is -0.353 e. The standard InChI is InChI=1S/C16H13B2ClFN2O7P/c17-16(18,29-30(25)26-7-8-5-9(19)1-2-11(8)28-30)12-3-4-13(27-12)22-6-10(20)14(23)21-15(22)24/h1-2,5-6,12-13,25H,3-4,7H2/p+1. The van der Waals surface area contributed by atoms with Gasteiger partial charge in [0.05, 0.1) is 17.7 Å². The van der Waals surface area contributed by atoms with Gasteiger partial charge in [0.25, 0.3) is 5.56 Å². The van der Waals surface area contributed by atoms with E-state index >= 15 is 0 Å². The topological polar surface area (TPSA) is 112 Å². The van der Waals surface area contributed by atoms with Gasteiger partial charge in [0.2, 0.25) is 5.82 Å². The first-order valence-electron chi connectivity index (χ1n) is 8.76. The van der Waals surface area contributed by atoms with Crippen molar-refractivity contribution in [3.63, 3.8) is 0 Å². The van der Waals surface area contributed by atoms with Gasteiger partial charge < -0.3 is 4.74 Å². The predicted octanol–water partition coefficient (Wildman–Crippen LogP) is 1.29. The van der Waals surface area contributed by atoms with Gasteiger partial charge in [-0.25, -0.2) is 4.79 Å². The molecule has 2 aliphatic heterocycles. The molecular weight excluding hydrogens is 439 g/mol. The van der Waals surface area contributed by atoms with Gasteiger partial charge in [0.1, 0.15) is 28.5 Å². The molecule has 1 fully saturated rings. The van der Waals surface area contributed by atoms with Crippen LogP contribution in [0.4, 0.5) is 4.39 Å². The van der Waals surface area contributed by atoms with Crippen LogP contribution in [-0.4, -0.2) is 41.6 Å². The highest BCUT2D eigenvalue weighted by molar-refractivity contribution is 7.56. The molecule has 3 heterocycles. The van der Waals surface area contributed by atoms with Crippen molar-refractivity contribution in [2.24, 2.45) is 0 Å². The third kappa shape index (κ3) is 4.21. The zero-order chi connectivity index (χ0) is 21.7. The zero-order valence-electron chi connectivity index (χ0n) is 15.3. The van der Waals surface area contributed by atoms with E-state index in [1.165, 1.54) is 0 Å². The lowest BCUT2D eigenvalue weighted by atomic mass is 9.61. The molecule has 2 N–H and O–H groups in total. The fourth-order valence-electron chi connectivity index (χ4n) is 3.19. The Labute approximate surface area is 177 Å². The van der Waals surface area contributed by atoms with E-state index < -0.39 is 43.0 Å². The normalized spacial score (nSPS) is 26.2. The number of H-pyrrole nitrogens is 1. The molecule has 154 valence electrons. The predicted molar refractivity (Wildman–Crippen MR) is 106 cm³/mol. The van der Waals surface area contributed by atoms with E-state index in [1.54, 1.807) is 18.2 Å². The second-order valence-corrected chi connectivity index (χ2v) is 8.83. The summed E-state index contributed by atoms with van der Waals surface area (Å²) in [5.41, 5.74) is -1.39. The van der Waals surface area contributed by atoms with E-state index in [4.69, 9.17) is 45.6 Å². The molecule has 14 heteroatoms. The largest absolute Gasteiger partial charge is 0.618 e. The maximum absolute atomic E-state index is 13.5. The summed E-state index contributed by atoms with van der Waals surface area (Å²) in [6, 6.07) is 4.73. The minimum absolute atomic E-state index is 0.0452. The van der Waals surface area contributed by atoms with Crippen molar-refractivity contribution in [2.75, 3.05) is 0 Å². The van der Waals surface area contributed by atoms with Gasteiger partial charge in [-0.05, 0) is 31.0 Å². The molecule has 0 amide bonds. The highest BCUT2D eigenvalue weighted by atomic mass is 35.5. The smallest absolute Gasteiger partial charge is 0.353 e. The summed E-state index contributed by atoms with van der Waals surface area (Å²) in [5, 5.41) is -1.59. The molecule has 9 nitrogen and oxygen atoms in total. The second kappa shape index (κ2) is 7.78. The number of fused-ring (bicyclic) bond motifs is 1. The molecule has 1 aromatic heterocycles. The Hall–Kier alpha value is -1.68. The van der Waals surface area contributed by atoms with Crippen LogP contribution in [0, 0.1) is 5.82 Å². The summed E-state index contributed by atoms with van der Waals surface area (Å²) >= 11 is 5.91. The second-order valence-electron chi connectivity index (χ2n) is 6.83. The molecule has 0 bridgehead atoms. The van der Waals surface area contributed by atoms with Crippen molar-refractivity contribution < 1.29 is 27.6 Å². The molecule has 0 saturated carbocycles. The van der Waals surface area contributed by atoms with Crippen LogP contribution < -0.4 is 15.8 Å². The number of halogens is 2. The average molecular weight is 453 g/mol. The van der Waals surface area contributed by atoms with Crippen molar-refractivity contribution in [3.8, 4) is 5.75 Å². The SMILES string of the molecule is [B]C([B])(O[P+]1(O)OCc2cc(Cl)ccc2O1)C1CCC(n2cc(F)c(=O)[nH]c2=O)O1. The van der Waals surface area contributed by atoms with Crippen molar-refractivity contribution >= 4 is 35.5 Å². The lowest BCUT2D eigenvalue weighted by Gasteiger charge is -2.33. The number of aromatic amines is 1. The minimum atomic E-state index is -3.95. The van der Waals surface area contributed by atoms with Crippen LogP contribution in [0.3, 0.4) is 0 Å². The maximum atomic E-state index is 13.5. The van der Waals surface area contributed by atoms with Gasteiger partial charge in [-0.15, -0.1) is 4.52 Å². The number of hydrogen-bond donors (Lipinski definition) is 2. The van der Waals surface area contributed by atoms with Gasteiger partial charge in [0.15, 0.2) is 5.75 Å². The molecule has 0 spiro atoms. The summed E-state index contributed by atoms with van der Waals surface area (Å²) in [4.78, 5) is 35.6. The number of rotatable bonds is 4. The fourth-order valence-corrected chi connectivity index (χ4v) is 4.77. The van der Waals surface area contributed by atoms with E-state index in [9.17, 15) is 18.9 Å². The Bertz CT molecular complexity index is 1100. The molecule has 3 unspecified atom stereocenters. The van der Waals surface area contributed by atoms with Crippen LogP contribution >= 0.6 is 19.8 Å². The van der Waals surface area contributed by atoms with Crippen molar-refractivity contribution in [3.05, 3.63) is 61.6 Å². The number of hydrogen-bond acceptors (Lipinski definition) is 7. The Morgan fingerprint density at radius 3 is 2.90 bits per heavy atom. The highest BCUT2D eigenvalue weighted by Crippen LogP contribution is 2.63. The van der Waals surface area contributed by atoms with Crippen LogP contribution in [0.15, 0.2) is 34.0 Å².